The minimum absolute atomic E-state index is 0.0274. The van der Waals surface area contributed by atoms with E-state index in [9.17, 15) is 13.2 Å². The first-order valence-electron chi connectivity index (χ1n) is 10.2. The van der Waals surface area contributed by atoms with Gasteiger partial charge in [0.1, 0.15) is 11.5 Å². The van der Waals surface area contributed by atoms with Gasteiger partial charge in [0.25, 0.3) is 15.9 Å². The van der Waals surface area contributed by atoms with Crippen LogP contribution in [0.4, 0.5) is 5.69 Å². The number of anilines is 1. The number of nitrogens with zero attached hydrogens (tertiary/aromatic N) is 1. The molecule has 0 atom stereocenters. The molecule has 0 unspecified atom stereocenters. The summed E-state index contributed by atoms with van der Waals surface area (Å²) < 4.78 is 38.6. The third-order valence-electron chi connectivity index (χ3n) is 4.92. The van der Waals surface area contributed by atoms with Gasteiger partial charge in [-0.05, 0) is 47.4 Å². The topological polar surface area (TPSA) is 72.9 Å². The molecule has 0 radical (unpaired) electrons. The van der Waals surface area contributed by atoms with Crippen molar-refractivity contribution in [1.82, 2.24) is 0 Å². The van der Waals surface area contributed by atoms with Gasteiger partial charge in [-0.3, -0.25) is 4.79 Å². The number of para-hydroxylation sites is 1. The summed E-state index contributed by atoms with van der Waals surface area (Å²) in [6.07, 6.45) is 0. The summed E-state index contributed by atoms with van der Waals surface area (Å²) in [5.41, 5.74) is 0.768. The van der Waals surface area contributed by atoms with E-state index in [1.165, 1.54) is 37.4 Å². The number of carbonyl (C=O) groups is 1. The van der Waals surface area contributed by atoms with E-state index >= 15 is 0 Å². The van der Waals surface area contributed by atoms with Crippen LogP contribution in [0.15, 0.2) is 77.7 Å². The van der Waals surface area contributed by atoms with E-state index in [-0.39, 0.29) is 21.0 Å². The molecular weight excluding hydrogens is 462 g/mol. The summed E-state index contributed by atoms with van der Waals surface area (Å²) in [6.45, 7) is 5.61. The van der Waals surface area contributed by atoms with Crippen molar-refractivity contribution in [3.63, 3.8) is 0 Å². The smallest absolute Gasteiger partial charge is 0.278 e. The monoisotopic (exact) mass is 487 g/mol. The van der Waals surface area contributed by atoms with Gasteiger partial charge in [0, 0.05) is 0 Å². The van der Waals surface area contributed by atoms with Gasteiger partial charge >= 0.3 is 0 Å². The highest BCUT2D eigenvalue weighted by Gasteiger charge is 2.32. The van der Waals surface area contributed by atoms with Crippen molar-refractivity contribution in [3.05, 3.63) is 83.4 Å². The first-order valence-corrected chi connectivity index (χ1v) is 12.1. The van der Waals surface area contributed by atoms with Crippen LogP contribution in [0.2, 0.25) is 5.02 Å². The molecule has 0 aliphatic carbocycles. The highest BCUT2D eigenvalue weighted by molar-refractivity contribution is 7.93. The van der Waals surface area contributed by atoms with Gasteiger partial charge in [0.2, 0.25) is 0 Å². The fourth-order valence-corrected chi connectivity index (χ4v) is 4.98. The van der Waals surface area contributed by atoms with Crippen molar-refractivity contribution in [1.29, 1.82) is 0 Å². The van der Waals surface area contributed by atoms with E-state index in [2.05, 4.69) is 0 Å². The van der Waals surface area contributed by atoms with E-state index in [0.717, 1.165) is 5.56 Å². The largest absolute Gasteiger partial charge is 0.495 e. The maximum atomic E-state index is 13.5. The number of amides is 1. The highest BCUT2D eigenvalue weighted by Crippen LogP contribution is 2.33. The molecule has 0 aliphatic rings. The number of methoxy groups -OCH3 is 1. The predicted molar refractivity (Wildman–Crippen MR) is 130 cm³/mol. The highest BCUT2D eigenvalue weighted by atomic mass is 35.5. The van der Waals surface area contributed by atoms with Crippen LogP contribution in [0, 0.1) is 0 Å². The number of hydrogen-bond donors (Lipinski definition) is 0. The Morgan fingerprint density at radius 2 is 1.58 bits per heavy atom. The molecule has 0 aromatic heterocycles. The van der Waals surface area contributed by atoms with Gasteiger partial charge in [-0.15, -0.1) is 0 Å². The van der Waals surface area contributed by atoms with Crippen molar-refractivity contribution >= 4 is 33.2 Å². The third-order valence-corrected chi connectivity index (χ3v) is 6.98. The van der Waals surface area contributed by atoms with Gasteiger partial charge in [0.15, 0.2) is 6.61 Å². The molecule has 0 aliphatic heterocycles. The van der Waals surface area contributed by atoms with Gasteiger partial charge in [0.05, 0.1) is 22.7 Å². The van der Waals surface area contributed by atoms with Crippen LogP contribution >= 0.6 is 11.6 Å². The molecule has 33 heavy (non-hydrogen) atoms. The van der Waals surface area contributed by atoms with Gasteiger partial charge < -0.3 is 9.47 Å². The fraction of sp³-hybridized carbons (Fsp3) is 0.240. The zero-order valence-electron chi connectivity index (χ0n) is 18.9. The Morgan fingerprint density at radius 3 is 2.18 bits per heavy atom. The summed E-state index contributed by atoms with van der Waals surface area (Å²) in [6, 6.07) is 19.4. The van der Waals surface area contributed by atoms with E-state index in [0.29, 0.717) is 15.8 Å². The van der Waals surface area contributed by atoms with Crippen molar-refractivity contribution in [3.8, 4) is 11.5 Å². The minimum atomic E-state index is -4.23. The average molecular weight is 488 g/mol. The number of rotatable bonds is 7. The van der Waals surface area contributed by atoms with E-state index in [1.54, 1.807) is 30.3 Å². The second kappa shape index (κ2) is 9.85. The third kappa shape index (κ3) is 5.49. The lowest BCUT2D eigenvalue weighted by atomic mass is 9.86. The molecule has 0 spiro atoms. The summed E-state index contributed by atoms with van der Waals surface area (Å²) in [7, 11) is -2.78. The number of benzene rings is 3. The number of halogens is 1. The summed E-state index contributed by atoms with van der Waals surface area (Å²) in [4.78, 5) is 13.3. The predicted octanol–water partition coefficient (Wildman–Crippen LogP) is 5.45. The fourth-order valence-electron chi connectivity index (χ4n) is 3.31. The zero-order valence-corrected chi connectivity index (χ0v) is 20.5. The van der Waals surface area contributed by atoms with Gasteiger partial charge in [-0.1, -0.05) is 68.8 Å². The van der Waals surface area contributed by atoms with Crippen molar-refractivity contribution in [2.75, 3.05) is 18.0 Å². The second-order valence-corrected chi connectivity index (χ2v) is 10.5. The minimum Gasteiger partial charge on any atom is -0.495 e. The number of carbonyl (C=O) groups excluding carboxylic acids is 1. The number of ether oxygens (including phenoxy) is 2. The van der Waals surface area contributed by atoms with Crippen LogP contribution in [0.1, 0.15) is 26.3 Å². The van der Waals surface area contributed by atoms with Gasteiger partial charge in [-0.2, -0.15) is 4.31 Å². The lowest BCUT2D eigenvalue weighted by molar-refractivity contribution is -0.119. The number of sulfonamides is 1. The van der Waals surface area contributed by atoms with E-state index < -0.39 is 22.5 Å². The van der Waals surface area contributed by atoms with Crippen LogP contribution in [-0.4, -0.2) is 28.0 Å². The lowest BCUT2D eigenvalue weighted by Crippen LogP contribution is -2.40. The molecule has 0 N–H and O–H groups in total. The first kappa shape index (κ1) is 24.6. The molecule has 0 heterocycles. The van der Waals surface area contributed by atoms with Crippen LogP contribution in [0.25, 0.3) is 0 Å². The maximum absolute atomic E-state index is 13.5. The number of hydrogen-bond acceptors (Lipinski definition) is 5. The molecule has 0 bridgehead atoms. The first-order chi connectivity index (χ1) is 15.6. The summed E-state index contributed by atoms with van der Waals surface area (Å²) in [5, 5.41) is 0.176. The molecule has 0 fully saturated rings. The molecule has 0 saturated carbocycles. The van der Waals surface area contributed by atoms with Crippen molar-refractivity contribution in [2.45, 2.75) is 31.1 Å². The Hall–Kier alpha value is -3.03. The molecular formula is C25H26ClNO5S. The molecule has 3 rings (SSSR count). The summed E-state index contributed by atoms with van der Waals surface area (Å²) in [5.74, 6) is 0.118. The van der Waals surface area contributed by atoms with Crippen LogP contribution in [0.5, 0.6) is 11.5 Å². The van der Waals surface area contributed by atoms with Crippen molar-refractivity contribution in [2.24, 2.45) is 0 Å². The van der Waals surface area contributed by atoms with E-state index in [1.807, 2.05) is 32.9 Å². The molecule has 1 amide bonds. The van der Waals surface area contributed by atoms with Crippen LogP contribution in [0.3, 0.4) is 0 Å². The Kier molecular flexibility index (Phi) is 7.34. The van der Waals surface area contributed by atoms with Crippen molar-refractivity contribution < 1.29 is 22.7 Å². The Bertz CT molecular complexity index is 1240. The van der Waals surface area contributed by atoms with E-state index in [4.69, 9.17) is 21.1 Å². The standard InChI is InChI=1S/C25H26ClNO5S/c1-25(2,3)20-12-8-9-13-22(20)32-17-24(28)27(18-14-15-23(31-4)21(26)16-18)33(29,30)19-10-6-5-7-11-19/h5-16H,17H2,1-4H3. The zero-order chi connectivity index (χ0) is 24.2. The Labute approximate surface area is 199 Å². The molecule has 174 valence electrons. The second-order valence-electron chi connectivity index (χ2n) is 8.33. The Morgan fingerprint density at radius 1 is 0.939 bits per heavy atom. The lowest BCUT2D eigenvalue weighted by Gasteiger charge is -2.25. The summed E-state index contributed by atoms with van der Waals surface area (Å²) >= 11 is 6.23. The molecule has 0 saturated heterocycles. The average Bonchev–Trinajstić information content (AvgIpc) is 2.78. The molecule has 3 aromatic rings. The van der Waals surface area contributed by atoms with Gasteiger partial charge in [-0.25, -0.2) is 8.42 Å². The van der Waals surface area contributed by atoms with Crippen LogP contribution in [-0.2, 0) is 20.2 Å². The molecule has 3 aromatic carbocycles. The Balaban J connectivity index is 2.00. The molecule has 6 nitrogen and oxygen atoms in total. The quantitative estimate of drug-likeness (QED) is 0.443. The normalized spacial score (nSPS) is 11.7. The molecule has 8 heteroatoms. The van der Waals surface area contributed by atoms with Crippen LogP contribution < -0.4 is 13.8 Å². The maximum Gasteiger partial charge on any atom is 0.278 e. The SMILES string of the molecule is COc1ccc(N(C(=O)COc2ccccc2C(C)(C)C)S(=O)(=O)c2ccccc2)cc1Cl.